The van der Waals surface area contributed by atoms with Crippen LogP contribution >= 0.6 is 11.6 Å². The average molecular weight is 276 g/mol. The maximum Gasteiger partial charge on any atom is 0.193 e. The van der Waals surface area contributed by atoms with Gasteiger partial charge in [-0.3, -0.25) is 4.79 Å². The SMILES string of the molecule is COc1cc(C(=O)c2ccc(C)c(N)c2)ccc1Cl. The lowest BCUT2D eigenvalue weighted by molar-refractivity contribution is 0.103. The van der Waals surface area contributed by atoms with Gasteiger partial charge in [-0.05, 0) is 36.8 Å². The fraction of sp³-hybridized carbons (Fsp3) is 0.133. The van der Waals surface area contributed by atoms with Crippen LogP contribution in [0.15, 0.2) is 36.4 Å². The monoisotopic (exact) mass is 275 g/mol. The van der Waals surface area contributed by atoms with Crippen molar-refractivity contribution in [3.63, 3.8) is 0 Å². The Hall–Kier alpha value is -2.00. The summed E-state index contributed by atoms with van der Waals surface area (Å²) >= 11 is 5.94. The number of benzene rings is 2. The topological polar surface area (TPSA) is 52.3 Å². The van der Waals surface area contributed by atoms with Gasteiger partial charge in [0.2, 0.25) is 0 Å². The maximum absolute atomic E-state index is 12.3. The molecular weight excluding hydrogens is 262 g/mol. The molecule has 2 N–H and O–H groups in total. The van der Waals surface area contributed by atoms with Crippen LogP contribution in [0.1, 0.15) is 21.5 Å². The summed E-state index contributed by atoms with van der Waals surface area (Å²) in [7, 11) is 1.51. The second-order valence-electron chi connectivity index (χ2n) is 4.25. The van der Waals surface area contributed by atoms with Crippen molar-refractivity contribution in [3.05, 3.63) is 58.1 Å². The lowest BCUT2D eigenvalue weighted by Gasteiger charge is -2.07. The first-order valence-electron chi connectivity index (χ1n) is 5.77. The second kappa shape index (κ2) is 5.33. The molecule has 0 amide bonds. The minimum atomic E-state index is -0.110. The highest BCUT2D eigenvalue weighted by Crippen LogP contribution is 2.26. The van der Waals surface area contributed by atoms with Crippen molar-refractivity contribution in [2.75, 3.05) is 12.8 Å². The van der Waals surface area contributed by atoms with Gasteiger partial charge in [-0.15, -0.1) is 0 Å². The van der Waals surface area contributed by atoms with E-state index in [9.17, 15) is 4.79 Å². The lowest BCUT2D eigenvalue weighted by Crippen LogP contribution is -2.03. The molecule has 0 bridgehead atoms. The Balaban J connectivity index is 2.41. The normalized spacial score (nSPS) is 10.3. The van der Waals surface area contributed by atoms with Gasteiger partial charge < -0.3 is 10.5 Å². The Bertz CT molecular complexity index is 638. The van der Waals surface area contributed by atoms with Crippen molar-refractivity contribution in [2.24, 2.45) is 0 Å². The van der Waals surface area contributed by atoms with Crippen molar-refractivity contribution < 1.29 is 9.53 Å². The number of hydrogen-bond donors (Lipinski definition) is 1. The molecular formula is C15H14ClNO2. The molecule has 0 aromatic heterocycles. The Morgan fingerprint density at radius 1 is 1.16 bits per heavy atom. The molecule has 0 aliphatic rings. The highest BCUT2D eigenvalue weighted by Gasteiger charge is 2.12. The summed E-state index contributed by atoms with van der Waals surface area (Å²) in [6.45, 7) is 1.90. The second-order valence-corrected chi connectivity index (χ2v) is 4.66. The van der Waals surface area contributed by atoms with E-state index in [1.54, 1.807) is 30.3 Å². The molecule has 2 rings (SSSR count). The molecule has 0 heterocycles. The molecule has 0 fully saturated rings. The molecule has 2 aromatic rings. The number of halogens is 1. The van der Waals surface area contributed by atoms with E-state index >= 15 is 0 Å². The third kappa shape index (κ3) is 2.71. The van der Waals surface area contributed by atoms with Gasteiger partial charge >= 0.3 is 0 Å². The van der Waals surface area contributed by atoms with E-state index in [-0.39, 0.29) is 5.78 Å². The highest BCUT2D eigenvalue weighted by atomic mass is 35.5. The Labute approximate surface area is 117 Å². The molecule has 19 heavy (non-hydrogen) atoms. The maximum atomic E-state index is 12.3. The molecule has 0 unspecified atom stereocenters. The summed E-state index contributed by atoms with van der Waals surface area (Å²) in [5.74, 6) is 0.370. The lowest BCUT2D eigenvalue weighted by atomic mass is 10.0. The number of methoxy groups -OCH3 is 1. The van der Waals surface area contributed by atoms with Crippen LogP contribution in [0.3, 0.4) is 0 Å². The van der Waals surface area contributed by atoms with Crippen LogP contribution in [0.2, 0.25) is 5.02 Å². The molecule has 2 aromatic carbocycles. The molecule has 0 aliphatic heterocycles. The van der Waals surface area contributed by atoms with E-state index in [4.69, 9.17) is 22.1 Å². The number of hydrogen-bond acceptors (Lipinski definition) is 3. The molecule has 0 aliphatic carbocycles. The average Bonchev–Trinajstić information content (AvgIpc) is 2.41. The largest absolute Gasteiger partial charge is 0.495 e. The number of ketones is 1. The van der Waals surface area contributed by atoms with Gasteiger partial charge in [-0.25, -0.2) is 0 Å². The molecule has 0 atom stereocenters. The molecule has 0 saturated heterocycles. The molecule has 0 saturated carbocycles. The van der Waals surface area contributed by atoms with E-state index < -0.39 is 0 Å². The van der Waals surface area contributed by atoms with Crippen molar-refractivity contribution in [1.82, 2.24) is 0 Å². The molecule has 3 nitrogen and oxygen atoms in total. The first-order valence-corrected chi connectivity index (χ1v) is 6.15. The van der Waals surface area contributed by atoms with Crippen LogP contribution in [0.25, 0.3) is 0 Å². The van der Waals surface area contributed by atoms with Gasteiger partial charge in [0.15, 0.2) is 5.78 Å². The number of ether oxygens (including phenoxy) is 1. The molecule has 0 radical (unpaired) electrons. The third-order valence-corrected chi connectivity index (χ3v) is 3.27. The van der Waals surface area contributed by atoms with E-state index in [2.05, 4.69) is 0 Å². The minimum Gasteiger partial charge on any atom is -0.495 e. The van der Waals surface area contributed by atoms with E-state index in [1.807, 2.05) is 13.0 Å². The number of aryl methyl sites for hydroxylation is 1. The number of carbonyl (C=O) groups excluding carboxylic acids is 1. The quantitative estimate of drug-likeness (QED) is 0.689. The number of rotatable bonds is 3. The summed E-state index contributed by atoms with van der Waals surface area (Å²) in [5, 5.41) is 0.475. The molecule has 0 spiro atoms. The van der Waals surface area contributed by atoms with Gasteiger partial charge in [-0.1, -0.05) is 23.7 Å². The summed E-state index contributed by atoms with van der Waals surface area (Å²) in [6, 6.07) is 10.2. The van der Waals surface area contributed by atoms with Crippen LogP contribution in [0, 0.1) is 6.92 Å². The van der Waals surface area contributed by atoms with Crippen molar-refractivity contribution in [1.29, 1.82) is 0 Å². The fourth-order valence-corrected chi connectivity index (χ4v) is 1.94. The predicted molar refractivity (Wildman–Crippen MR) is 77.0 cm³/mol. The van der Waals surface area contributed by atoms with Crippen molar-refractivity contribution >= 4 is 23.1 Å². The zero-order chi connectivity index (χ0) is 14.0. The van der Waals surface area contributed by atoms with Crippen LogP contribution in [0.4, 0.5) is 5.69 Å². The number of carbonyl (C=O) groups is 1. The zero-order valence-electron chi connectivity index (χ0n) is 10.7. The standard InChI is InChI=1S/C15H14ClNO2/c1-9-3-4-10(7-13(9)17)15(18)11-5-6-12(16)14(8-11)19-2/h3-8H,17H2,1-2H3. The number of nitrogens with two attached hydrogens (primary N) is 1. The number of nitrogen functional groups attached to an aromatic ring is 1. The van der Waals surface area contributed by atoms with Gasteiger partial charge in [0.1, 0.15) is 5.75 Å². The molecule has 98 valence electrons. The van der Waals surface area contributed by atoms with Crippen LogP contribution in [-0.2, 0) is 0 Å². The van der Waals surface area contributed by atoms with E-state index in [0.717, 1.165) is 5.56 Å². The summed E-state index contributed by atoms with van der Waals surface area (Å²) in [6.07, 6.45) is 0. The smallest absolute Gasteiger partial charge is 0.193 e. The Morgan fingerprint density at radius 2 is 1.79 bits per heavy atom. The van der Waals surface area contributed by atoms with Crippen LogP contribution in [-0.4, -0.2) is 12.9 Å². The van der Waals surface area contributed by atoms with Crippen molar-refractivity contribution in [3.8, 4) is 5.75 Å². The third-order valence-electron chi connectivity index (χ3n) is 2.95. The van der Waals surface area contributed by atoms with Gasteiger partial charge in [0, 0.05) is 16.8 Å². The van der Waals surface area contributed by atoms with Crippen LogP contribution < -0.4 is 10.5 Å². The minimum absolute atomic E-state index is 0.110. The zero-order valence-corrected chi connectivity index (χ0v) is 11.5. The van der Waals surface area contributed by atoms with Gasteiger partial charge in [0.05, 0.1) is 12.1 Å². The van der Waals surface area contributed by atoms with E-state index in [0.29, 0.717) is 27.6 Å². The first-order chi connectivity index (χ1) is 9.02. The summed E-state index contributed by atoms with van der Waals surface area (Å²) in [5.41, 5.74) is 8.44. The van der Waals surface area contributed by atoms with Crippen LogP contribution in [0.5, 0.6) is 5.75 Å². The summed E-state index contributed by atoms with van der Waals surface area (Å²) in [4.78, 5) is 12.3. The van der Waals surface area contributed by atoms with Gasteiger partial charge in [0.25, 0.3) is 0 Å². The highest BCUT2D eigenvalue weighted by molar-refractivity contribution is 6.32. The molecule has 4 heteroatoms. The van der Waals surface area contributed by atoms with Gasteiger partial charge in [-0.2, -0.15) is 0 Å². The summed E-state index contributed by atoms with van der Waals surface area (Å²) < 4.78 is 5.11. The number of anilines is 1. The first kappa shape index (κ1) is 13.4. The van der Waals surface area contributed by atoms with Crippen molar-refractivity contribution in [2.45, 2.75) is 6.92 Å². The predicted octanol–water partition coefficient (Wildman–Crippen LogP) is 3.47. The fourth-order valence-electron chi connectivity index (χ4n) is 1.75. The Morgan fingerprint density at radius 3 is 2.42 bits per heavy atom. The Kier molecular flexibility index (Phi) is 3.76. The van der Waals surface area contributed by atoms with E-state index in [1.165, 1.54) is 7.11 Å².